The number of benzene rings is 1. The molecule has 1 aromatic carbocycles. The van der Waals surface area contributed by atoms with Gasteiger partial charge in [0.25, 0.3) is 0 Å². The van der Waals surface area contributed by atoms with E-state index in [1.165, 1.54) is 5.56 Å². The van der Waals surface area contributed by atoms with E-state index in [4.69, 9.17) is 0 Å². The van der Waals surface area contributed by atoms with Crippen molar-refractivity contribution in [2.75, 3.05) is 18.6 Å². The Hall–Kier alpha value is -0.560. The lowest BCUT2D eigenvalue weighted by atomic mass is 10.1. The van der Waals surface area contributed by atoms with Gasteiger partial charge in [-0.2, -0.15) is 11.8 Å². The lowest BCUT2D eigenvalue weighted by Gasteiger charge is -2.14. The molecule has 1 aliphatic heterocycles. The van der Waals surface area contributed by atoms with E-state index >= 15 is 0 Å². The molecule has 1 aromatic rings. The van der Waals surface area contributed by atoms with Crippen LogP contribution in [0.25, 0.3) is 0 Å². The summed E-state index contributed by atoms with van der Waals surface area (Å²) in [6.45, 7) is 2.77. The van der Waals surface area contributed by atoms with Crippen LogP contribution in [-0.2, 0) is 23.0 Å². The third kappa shape index (κ3) is 3.75. The van der Waals surface area contributed by atoms with E-state index in [2.05, 4.69) is 17.0 Å². The van der Waals surface area contributed by atoms with Gasteiger partial charge in [-0.1, -0.05) is 13.0 Å². The molecular formula is C14H22N2O2S2. The first kappa shape index (κ1) is 15.8. The maximum Gasteiger partial charge on any atom is 0.240 e. The molecule has 1 fully saturated rings. The highest BCUT2D eigenvalue weighted by molar-refractivity contribution is 7.99. The van der Waals surface area contributed by atoms with Gasteiger partial charge < -0.3 is 5.32 Å². The van der Waals surface area contributed by atoms with Crippen molar-refractivity contribution in [2.45, 2.75) is 37.2 Å². The SMILES string of the molecule is CCc1ccc(S(=O)(=O)NC2CCSC2)cc1CNC. The second-order valence-electron chi connectivity index (χ2n) is 5.00. The fraction of sp³-hybridized carbons (Fsp3) is 0.571. The quantitative estimate of drug-likeness (QED) is 0.840. The Morgan fingerprint density at radius 3 is 2.75 bits per heavy atom. The largest absolute Gasteiger partial charge is 0.316 e. The van der Waals surface area contributed by atoms with Crippen LogP contribution in [0.3, 0.4) is 0 Å². The third-order valence-electron chi connectivity index (χ3n) is 3.49. The van der Waals surface area contributed by atoms with E-state index in [0.29, 0.717) is 11.4 Å². The predicted octanol–water partition coefficient (Wildman–Crippen LogP) is 1.75. The molecule has 0 bridgehead atoms. The van der Waals surface area contributed by atoms with Gasteiger partial charge in [-0.3, -0.25) is 0 Å². The molecule has 1 atom stereocenters. The lowest BCUT2D eigenvalue weighted by Crippen LogP contribution is -2.34. The van der Waals surface area contributed by atoms with Gasteiger partial charge in [-0.25, -0.2) is 13.1 Å². The van der Waals surface area contributed by atoms with E-state index in [-0.39, 0.29) is 6.04 Å². The second-order valence-corrected chi connectivity index (χ2v) is 7.86. The normalized spacial score (nSPS) is 19.4. The molecule has 0 aliphatic carbocycles. The van der Waals surface area contributed by atoms with E-state index in [0.717, 1.165) is 29.9 Å². The van der Waals surface area contributed by atoms with Crippen LogP contribution in [0.1, 0.15) is 24.5 Å². The summed E-state index contributed by atoms with van der Waals surface area (Å²) in [5, 5.41) is 3.09. The summed E-state index contributed by atoms with van der Waals surface area (Å²) in [5.41, 5.74) is 2.24. The average molecular weight is 314 g/mol. The molecule has 1 aliphatic rings. The fourth-order valence-corrected chi connectivity index (χ4v) is 4.96. The van der Waals surface area contributed by atoms with Gasteiger partial charge in [-0.05, 0) is 48.9 Å². The average Bonchev–Trinajstić information content (AvgIpc) is 2.91. The number of nitrogens with one attached hydrogen (secondary N) is 2. The van der Waals surface area contributed by atoms with E-state index in [1.807, 2.05) is 13.1 Å². The van der Waals surface area contributed by atoms with Crippen molar-refractivity contribution in [1.82, 2.24) is 10.0 Å². The van der Waals surface area contributed by atoms with Crippen molar-refractivity contribution in [3.8, 4) is 0 Å². The van der Waals surface area contributed by atoms with Gasteiger partial charge in [0.2, 0.25) is 10.0 Å². The molecule has 1 unspecified atom stereocenters. The van der Waals surface area contributed by atoms with Crippen molar-refractivity contribution in [1.29, 1.82) is 0 Å². The van der Waals surface area contributed by atoms with Gasteiger partial charge in [0.05, 0.1) is 4.90 Å². The van der Waals surface area contributed by atoms with Gasteiger partial charge in [0.15, 0.2) is 0 Å². The molecule has 4 nitrogen and oxygen atoms in total. The molecular weight excluding hydrogens is 292 g/mol. The molecule has 0 aromatic heterocycles. The minimum absolute atomic E-state index is 0.0728. The Bertz CT molecular complexity index is 552. The van der Waals surface area contributed by atoms with Crippen LogP contribution >= 0.6 is 11.8 Å². The monoisotopic (exact) mass is 314 g/mol. The topological polar surface area (TPSA) is 58.2 Å². The molecule has 0 spiro atoms. The zero-order valence-electron chi connectivity index (χ0n) is 12.0. The summed E-state index contributed by atoms with van der Waals surface area (Å²) in [6, 6.07) is 5.50. The Balaban J connectivity index is 2.24. The molecule has 2 N–H and O–H groups in total. The molecule has 1 saturated heterocycles. The first-order valence-electron chi connectivity index (χ1n) is 6.93. The van der Waals surface area contributed by atoms with Crippen LogP contribution in [-0.4, -0.2) is 33.0 Å². The van der Waals surface area contributed by atoms with Crippen LogP contribution in [0.5, 0.6) is 0 Å². The Morgan fingerprint density at radius 2 is 2.15 bits per heavy atom. The van der Waals surface area contributed by atoms with Crippen molar-refractivity contribution >= 4 is 21.8 Å². The number of aryl methyl sites for hydroxylation is 1. The summed E-state index contributed by atoms with van der Waals surface area (Å²) in [7, 11) is -1.53. The molecule has 0 amide bonds. The van der Waals surface area contributed by atoms with Crippen LogP contribution in [0, 0.1) is 0 Å². The smallest absolute Gasteiger partial charge is 0.240 e. The fourth-order valence-electron chi connectivity index (χ4n) is 2.38. The zero-order valence-corrected chi connectivity index (χ0v) is 13.6. The number of sulfonamides is 1. The maximum atomic E-state index is 12.4. The van der Waals surface area contributed by atoms with Gasteiger partial charge in [-0.15, -0.1) is 0 Å². The first-order valence-corrected chi connectivity index (χ1v) is 9.57. The summed E-state index contributed by atoms with van der Waals surface area (Å²) >= 11 is 1.80. The number of hydrogen-bond acceptors (Lipinski definition) is 4. The molecule has 1 heterocycles. The van der Waals surface area contributed by atoms with Gasteiger partial charge in [0.1, 0.15) is 0 Å². The highest BCUT2D eigenvalue weighted by atomic mass is 32.2. The highest BCUT2D eigenvalue weighted by Crippen LogP contribution is 2.21. The van der Waals surface area contributed by atoms with Crippen molar-refractivity contribution in [3.63, 3.8) is 0 Å². The molecule has 0 saturated carbocycles. The molecule has 2 rings (SSSR count). The van der Waals surface area contributed by atoms with Gasteiger partial charge in [0, 0.05) is 18.3 Å². The predicted molar refractivity (Wildman–Crippen MR) is 84.6 cm³/mol. The van der Waals surface area contributed by atoms with E-state index in [1.54, 1.807) is 23.9 Å². The lowest BCUT2D eigenvalue weighted by molar-refractivity contribution is 0.563. The number of hydrogen-bond donors (Lipinski definition) is 2. The molecule has 112 valence electrons. The van der Waals surface area contributed by atoms with Gasteiger partial charge >= 0.3 is 0 Å². The van der Waals surface area contributed by atoms with E-state index in [9.17, 15) is 8.42 Å². The summed E-state index contributed by atoms with van der Waals surface area (Å²) < 4.78 is 27.6. The summed E-state index contributed by atoms with van der Waals surface area (Å²) in [5.74, 6) is 1.91. The Labute approximate surface area is 125 Å². The van der Waals surface area contributed by atoms with Crippen molar-refractivity contribution < 1.29 is 8.42 Å². The first-order chi connectivity index (χ1) is 9.56. The minimum Gasteiger partial charge on any atom is -0.316 e. The minimum atomic E-state index is -3.40. The molecule has 20 heavy (non-hydrogen) atoms. The third-order valence-corrected chi connectivity index (χ3v) is 6.17. The van der Waals surface area contributed by atoms with E-state index < -0.39 is 10.0 Å². The van der Waals surface area contributed by atoms with Crippen molar-refractivity contribution in [2.24, 2.45) is 0 Å². The van der Waals surface area contributed by atoms with Crippen LogP contribution in [0.4, 0.5) is 0 Å². The Kier molecular flexibility index (Phi) is 5.49. The molecule has 6 heteroatoms. The summed E-state index contributed by atoms with van der Waals surface area (Å²) in [6.07, 6.45) is 1.82. The second kappa shape index (κ2) is 6.93. The van der Waals surface area contributed by atoms with Crippen LogP contribution in [0.2, 0.25) is 0 Å². The standard InChI is InChI=1S/C14H22N2O2S2/c1-3-11-4-5-14(8-12(11)9-15-2)20(17,18)16-13-6-7-19-10-13/h4-5,8,13,15-16H,3,6-7,9-10H2,1-2H3. The maximum absolute atomic E-state index is 12.4. The Morgan fingerprint density at radius 1 is 1.35 bits per heavy atom. The molecule has 0 radical (unpaired) electrons. The highest BCUT2D eigenvalue weighted by Gasteiger charge is 2.23. The van der Waals surface area contributed by atoms with Crippen LogP contribution < -0.4 is 10.0 Å². The number of rotatable bonds is 6. The van der Waals surface area contributed by atoms with Crippen LogP contribution in [0.15, 0.2) is 23.1 Å². The summed E-state index contributed by atoms with van der Waals surface area (Å²) in [4.78, 5) is 0.372. The zero-order chi connectivity index (χ0) is 14.6. The van der Waals surface area contributed by atoms with Crippen molar-refractivity contribution in [3.05, 3.63) is 29.3 Å². The number of thioether (sulfide) groups is 1.